The molecule has 1 aromatic carbocycles. The van der Waals surface area contributed by atoms with Crippen molar-refractivity contribution in [2.24, 2.45) is 4.99 Å². The molecule has 0 fully saturated rings. The molecule has 1 aliphatic rings. The third kappa shape index (κ3) is 5.53. The molecule has 0 spiro atoms. The number of hydrogen-bond acceptors (Lipinski definition) is 7. The summed E-state index contributed by atoms with van der Waals surface area (Å²) in [6, 6.07) is 9.61. The topological polar surface area (TPSA) is 107 Å². The summed E-state index contributed by atoms with van der Waals surface area (Å²) in [6.45, 7) is 4.27. The SMILES string of the molecule is Cc1noc(CCN=C(NCCc2ccco2)Nc2ccc3c(c2)OCCCO3)n1. The van der Waals surface area contributed by atoms with Crippen LogP contribution in [0.2, 0.25) is 0 Å². The van der Waals surface area contributed by atoms with Crippen molar-refractivity contribution in [1.29, 1.82) is 0 Å². The van der Waals surface area contributed by atoms with Crippen molar-refractivity contribution in [2.75, 3.05) is 31.6 Å². The number of guanidine groups is 1. The molecule has 4 rings (SSSR count). The van der Waals surface area contributed by atoms with E-state index in [0.29, 0.717) is 50.4 Å². The van der Waals surface area contributed by atoms with E-state index in [2.05, 4.69) is 25.8 Å². The Balaban J connectivity index is 1.41. The quantitative estimate of drug-likeness (QED) is 0.451. The number of aromatic nitrogens is 2. The molecule has 0 unspecified atom stereocenters. The van der Waals surface area contributed by atoms with Crippen molar-refractivity contribution in [3.63, 3.8) is 0 Å². The maximum Gasteiger partial charge on any atom is 0.228 e. The summed E-state index contributed by atoms with van der Waals surface area (Å²) in [5.41, 5.74) is 0.858. The molecule has 0 radical (unpaired) electrons. The average Bonchev–Trinajstić information content (AvgIpc) is 3.34. The van der Waals surface area contributed by atoms with E-state index < -0.39 is 0 Å². The van der Waals surface area contributed by atoms with E-state index in [1.807, 2.05) is 30.3 Å². The van der Waals surface area contributed by atoms with Gasteiger partial charge in [-0.3, -0.25) is 4.99 Å². The van der Waals surface area contributed by atoms with Crippen LogP contribution >= 0.6 is 0 Å². The molecule has 0 bridgehead atoms. The average molecular weight is 411 g/mol. The molecular weight excluding hydrogens is 386 g/mol. The predicted molar refractivity (Wildman–Crippen MR) is 111 cm³/mol. The van der Waals surface area contributed by atoms with Gasteiger partial charge in [0.15, 0.2) is 23.3 Å². The molecule has 158 valence electrons. The number of nitrogens with zero attached hydrogens (tertiary/aromatic N) is 3. The maximum atomic E-state index is 5.78. The van der Waals surface area contributed by atoms with Gasteiger partial charge in [-0.15, -0.1) is 0 Å². The fourth-order valence-corrected chi connectivity index (χ4v) is 2.98. The zero-order valence-electron chi connectivity index (χ0n) is 16.9. The monoisotopic (exact) mass is 411 g/mol. The molecule has 30 heavy (non-hydrogen) atoms. The smallest absolute Gasteiger partial charge is 0.228 e. The maximum absolute atomic E-state index is 5.78. The van der Waals surface area contributed by atoms with Gasteiger partial charge < -0.3 is 29.0 Å². The Hall–Kier alpha value is -3.49. The van der Waals surface area contributed by atoms with Crippen LogP contribution in [0.3, 0.4) is 0 Å². The number of nitrogens with one attached hydrogen (secondary N) is 2. The lowest BCUT2D eigenvalue weighted by Crippen LogP contribution is -2.32. The first-order valence-corrected chi connectivity index (χ1v) is 10.0. The summed E-state index contributed by atoms with van der Waals surface area (Å²) in [6.07, 6.45) is 3.85. The minimum absolute atomic E-state index is 0.502. The molecule has 3 heterocycles. The minimum Gasteiger partial charge on any atom is -0.490 e. The van der Waals surface area contributed by atoms with Crippen molar-refractivity contribution in [3.8, 4) is 11.5 Å². The predicted octanol–water partition coefficient (Wildman–Crippen LogP) is 2.98. The number of rotatable bonds is 7. The summed E-state index contributed by atoms with van der Waals surface area (Å²) in [4.78, 5) is 8.85. The second-order valence-corrected chi connectivity index (χ2v) is 6.81. The molecule has 9 nitrogen and oxygen atoms in total. The van der Waals surface area contributed by atoms with Crippen molar-refractivity contribution in [2.45, 2.75) is 26.2 Å². The number of ether oxygens (including phenoxy) is 2. The van der Waals surface area contributed by atoms with Crippen molar-refractivity contribution >= 4 is 11.6 Å². The van der Waals surface area contributed by atoms with Crippen LogP contribution in [0.4, 0.5) is 5.69 Å². The second-order valence-electron chi connectivity index (χ2n) is 6.81. The lowest BCUT2D eigenvalue weighted by molar-refractivity contribution is 0.297. The standard InChI is InChI=1S/C21H25N5O4/c1-15-24-20(30-26-15)8-10-23-21(22-9-7-17-4-2-11-27-17)25-16-5-6-18-19(14-16)29-13-3-12-28-18/h2,4-6,11,14H,3,7-10,12-13H2,1H3,(H2,22,23,25). The van der Waals surface area contributed by atoms with Gasteiger partial charge in [-0.05, 0) is 31.2 Å². The Morgan fingerprint density at radius 3 is 2.83 bits per heavy atom. The zero-order valence-corrected chi connectivity index (χ0v) is 16.9. The van der Waals surface area contributed by atoms with E-state index in [4.69, 9.17) is 18.4 Å². The molecule has 0 aliphatic carbocycles. The van der Waals surface area contributed by atoms with E-state index in [0.717, 1.165) is 35.8 Å². The summed E-state index contributed by atoms with van der Waals surface area (Å²) in [5.74, 6) is 4.24. The van der Waals surface area contributed by atoms with E-state index in [-0.39, 0.29) is 0 Å². The number of aryl methyl sites for hydroxylation is 1. The van der Waals surface area contributed by atoms with E-state index in [1.165, 1.54) is 0 Å². The summed E-state index contributed by atoms with van der Waals surface area (Å²) < 4.78 is 22.0. The van der Waals surface area contributed by atoms with Gasteiger partial charge in [0, 0.05) is 37.6 Å². The molecular formula is C21H25N5O4. The number of benzene rings is 1. The first-order chi connectivity index (χ1) is 14.8. The van der Waals surface area contributed by atoms with Gasteiger partial charge >= 0.3 is 0 Å². The molecule has 2 N–H and O–H groups in total. The highest BCUT2D eigenvalue weighted by molar-refractivity contribution is 5.94. The van der Waals surface area contributed by atoms with Crippen LogP contribution in [0.5, 0.6) is 11.5 Å². The van der Waals surface area contributed by atoms with Crippen LogP contribution in [0.15, 0.2) is 50.5 Å². The van der Waals surface area contributed by atoms with Crippen LogP contribution < -0.4 is 20.1 Å². The second kappa shape index (κ2) is 9.82. The third-order valence-corrected chi connectivity index (χ3v) is 4.42. The highest BCUT2D eigenvalue weighted by Crippen LogP contribution is 2.32. The van der Waals surface area contributed by atoms with Crippen LogP contribution in [-0.2, 0) is 12.8 Å². The number of anilines is 1. The van der Waals surface area contributed by atoms with Crippen LogP contribution in [0.25, 0.3) is 0 Å². The molecule has 0 atom stereocenters. The van der Waals surface area contributed by atoms with E-state index in [1.54, 1.807) is 13.2 Å². The van der Waals surface area contributed by atoms with Gasteiger partial charge in [0.05, 0.1) is 26.0 Å². The number of hydrogen-bond donors (Lipinski definition) is 2. The lowest BCUT2D eigenvalue weighted by atomic mass is 10.2. The lowest BCUT2D eigenvalue weighted by Gasteiger charge is -2.14. The normalized spacial score (nSPS) is 13.7. The minimum atomic E-state index is 0.502. The van der Waals surface area contributed by atoms with Crippen molar-refractivity contribution in [1.82, 2.24) is 15.5 Å². The third-order valence-electron chi connectivity index (χ3n) is 4.42. The van der Waals surface area contributed by atoms with Crippen LogP contribution in [0, 0.1) is 6.92 Å². The Bertz CT molecular complexity index is 968. The highest BCUT2D eigenvalue weighted by Gasteiger charge is 2.12. The number of furan rings is 1. The first-order valence-electron chi connectivity index (χ1n) is 10.0. The zero-order chi connectivity index (χ0) is 20.6. The Morgan fingerprint density at radius 2 is 2.03 bits per heavy atom. The number of fused-ring (bicyclic) bond motifs is 1. The molecule has 9 heteroatoms. The van der Waals surface area contributed by atoms with Crippen LogP contribution in [-0.4, -0.2) is 42.4 Å². The van der Waals surface area contributed by atoms with Crippen molar-refractivity contribution in [3.05, 3.63) is 54.1 Å². The van der Waals surface area contributed by atoms with Crippen molar-refractivity contribution < 1.29 is 18.4 Å². The van der Waals surface area contributed by atoms with Gasteiger partial charge in [-0.2, -0.15) is 4.98 Å². The fourth-order valence-electron chi connectivity index (χ4n) is 2.98. The Morgan fingerprint density at radius 1 is 1.13 bits per heavy atom. The summed E-state index contributed by atoms with van der Waals surface area (Å²) >= 11 is 0. The summed E-state index contributed by atoms with van der Waals surface area (Å²) in [5, 5.41) is 10.5. The largest absolute Gasteiger partial charge is 0.490 e. The molecule has 1 aliphatic heterocycles. The Labute approximate surface area is 174 Å². The molecule has 0 saturated heterocycles. The first kappa shape index (κ1) is 19.8. The van der Waals surface area contributed by atoms with Gasteiger partial charge in [0.25, 0.3) is 0 Å². The van der Waals surface area contributed by atoms with E-state index >= 15 is 0 Å². The fraction of sp³-hybridized carbons (Fsp3) is 0.381. The van der Waals surface area contributed by atoms with Gasteiger partial charge in [-0.1, -0.05) is 5.16 Å². The van der Waals surface area contributed by atoms with Crippen LogP contribution in [0.1, 0.15) is 23.9 Å². The summed E-state index contributed by atoms with van der Waals surface area (Å²) in [7, 11) is 0. The highest BCUT2D eigenvalue weighted by atomic mass is 16.5. The van der Waals surface area contributed by atoms with Gasteiger partial charge in [-0.25, -0.2) is 0 Å². The molecule has 0 saturated carbocycles. The number of aliphatic imine (C=N–C) groups is 1. The molecule has 3 aromatic rings. The van der Waals surface area contributed by atoms with Gasteiger partial charge in [0.1, 0.15) is 5.76 Å². The van der Waals surface area contributed by atoms with Gasteiger partial charge in [0.2, 0.25) is 5.89 Å². The van der Waals surface area contributed by atoms with E-state index in [9.17, 15) is 0 Å². The molecule has 0 amide bonds. The molecule has 2 aromatic heterocycles. The Kier molecular flexibility index (Phi) is 6.48.